The molecule has 1 N–H and O–H groups in total. The third kappa shape index (κ3) is 11.7. The third-order valence-electron chi connectivity index (χ3n) is 6.93. The second kappa shape index (κ2) is 14.7. The fraction of sp³-hybridized carbons (Fsp3) is 0.636. The second-order valence-corrected chi connectivity index (χ2v) is 34.2. The van der Waals surface area contributed by atoms with Crippen LogP contribution in [0.2, 0.25) is 83.6 Å². The molecule has 2 aromatic carbocycles. The van der Waals surface area contributed by atoms with Gasteiger partial charge < -0.3 is 32.3 Å². The lowest BCUT2D eigenvalue weighted by Crippen LogP contribution is -2.69. The predicted octanol–water partition coefficient (Wildman–Crippen LogP) is 8.39. The molecule has 2 aromatic rings. The van der Waals surface area contributed by atoms with E-state index < -0.39 is 63.5 Å². The van der Waals surface area contributed by atoms with E-state index in [9.17, 15) is 5.11 Å². The molecule has 0 bridgehead atoms. The quantitative estimate of drug-likeness (QED) is 0.197. The Balaban J connectivity index is 2.18. The highest BCUT2D eigenvalue weighted by Gasteiger charge is 2.59. The molecule has 0 aliphatic carbocycles. The zero-order valence-electron chi connectivity index (χ0n) is 29.7. The molecule has 254 valence electrons. The second-order valence-electron chi connectivity index (χ2n) is 15.9. The van der Waals surface area contributed by atoms with Crippen LogP contribution < -0.4 is 4.74 Å². The molecular formula is C33H57ClO7Si4. The van der Waals surface area contributed by atoms with Crippen LogP contribution in [0.25, 0.3) is 0 Å². The van der Waals surface area contributed by atoms with Gasteiger partial charge in [-0.3, -0.25) is 0 Å². The van der Waals surface area contributed by atoms with Gasteiger partial charge in [0.1, 0.15) is 30.2 Å². The van der Waals surface area contributed by atoms with Crippen molar-refractivity contribution in [3.05, 3.63) is 64.2 Å². The molecule has 7 nitrogen and oxygen atoms in total. The van der Waals surface area contributed by atoms with Gasteiger partial charge in [-0.25, -0.2) is 0 Å². The molecule has 1 heterocycles. The SMILES string of the molecule is CCOc1ccc(Cc2cc(C3(O)O[C@@H](CO[Si](C)(C)C)[C@H](O[Si](C)(C)C)[C@@H](O[Si](C)(C)C)[C@@H]3O[Si](C)(C)C)ccc2Cl)cc1. The lowest BCUT2D eigenvalue weighted by molar-refractivity contribution is -0.348. The molecule has 1 aliphatic heterocycles. The Morgan fingerprint density at radius 1 is 0.756 bits per heavy atom. The summed E-state index contributed by atoms with van der Waals surface area (Å²) in [6.45, 7) is 28.6. The minimum Gasteiger partial charge on any atom is -0.494 e. The van der Waals surface area contributed by atoms with Gasteiger partial charge in [0.15, 0.2) is 33.3 Å². The molecular weight excluding hydrogens is 656 g/mol. The van der Waals surface area contributed by atoms with Crippen LogP contribution in [0.5, 0.6) is 5.75 Å². The van der Waals surface area contributed by atoms with Crippen molar-refractivity contribution in [3.8, 4) is 5.75 Å². The lowest BCUT2D eigenvalue weighted by Gasteiger charge is -2.54. The summed E-state index contributed by atoms with van der Waals surface area (Å²) in [4.78, 5) is 0. The normalized spacial score (nSPS) is 25.0. The van der Waals surface area contributed by atoms with Crippen LogP contribution in [0.1, 0.15) is 23.6 Å². The molecule has 0 spiro atoms. The summed E-state index contributed by atoms with van der Waals surface area (Å²) in [5, 5.41) is 13.5. The average molecular weight is 714 g/mol. The average Bonchev–Trinajstić information content (AvgIpc) is 2.87. The summed E-state index contributed by atoms with van der Waals surface area (Å²) in [5.74, 6) is -1.01. The highest BCUT2D eigenvalue weighted by Crippen LogP contribution is 2.44. The predicted molar refractivity (Wildman–Crippen MR) is 195 cm³/mol. The van der Waals surface area contributed by atoms with Crippen LogP contribution in [-0.2, 0) is 34.6 Å². The van der Waals surface area contributed by atoms with Crippen LogP contribution in [0.15, 0.2) is 42.5 Å². The molecule has 0 saturated carbocycles. The van der Waals surface area contributed by atoms with Gasteiger partial charge in [0.2, 0.25) is 5.79 Å². The highest BCUT2D eigenvalue weighted by atomic mass is 35.5. The van der Waals surface area contributed by atoms with E-state index in [0.717, 1.165) is 16.9 Å². The van der Waals surface area contributed by atoms with Crippen molar-refractivity contribution in [3.63, 3.8) is 0 Å². The standard InChI is InChI=1S/C33H57ClO7Si4/c1-14-36-27-18-15-24(16-19-27)21-25-22-26(17-20-28(25)34)33(35)32(41-45(11,12)13)31(40-44(8,9)10)30(39-43(5,6)7)29(38-33)23-37-42(2,3)4/h15-20,22,29-32,35H,14,21,23H2,1-13H3/t29-,30-,31+,32-,33?/m0/s1. The topological polar surface area (TPSA) is 75.6 Å². The largest absolute Gasteiger partial charge is 0.494 e. The summed E-state index contributed by atoms with van der Waals surface area (Å²) in [6.07, 6.45) is -1.89. The van der Waals surface area contributed by atoms with Gasteiger partial charge in [0.25, 0.3) is 0 Å². The maximum absolute atomic E-state index is 12.9. The Kier molecular flexibility index (Phi) is 12.6. The first-order valence-electron chi connectivity index (χ1n) is 16.1. The van der Waals surface area contributed by atoms with Crippen molar-refractivity contribution in [2.24, 2.45) is 0 Å². The zero-order valence-corrected chi connectivity index (χ0v) is 34.5. The molecule has 1 saturated heterocycles. The number of aliphatic hydroxyl groups is 1. The van der Waals surface area contributed by atoms with Crippen molar-refractivity contribution >= 4 is 44.9 Å². The van der Waals surface area contributed by atoms with Crippen molar-refractivity contribution in [1.29, 1.82) is 0 Å². The van der Waals surface area contributed by atoms with Crippen LogP contribution in [-0.4, -0.2) is 76.0 Å². The van der Waals surface area contributed by atoms with Crippen molar-refractivity contribution in [2.75, 3.05) is 13.2 Å². The van der Waals surface area contributed by atoms with Crippen LogP contribution in [0.3, 0.4) is 0 Å². The van der Waals surface area contributed by atoms with Gasteiger partial charge in [-0.05, 0) is 127 Å². The summed E-state index contributed by atoms with van der Waals surface area (Å²) >= 11 is 6.77. The molecule has 3 rings (SSSR count). The molecule has 5 atom stereocenters. The van der Waals surface area contributed by atoms with Gasteiger partial charge in [0, 0.05) is 10.6 Å². The van der Waals surface area contributed by atoms with E-state index in [2.05, 4.69) is 78.6 Å². The Bertz CT molecular complexity index is 1250. The molecule has 0 radical (unpaired) electrons. The smallest absolute Gasteiger partial charge is 0.221 e. The number of halogens is 1. The Labute approximate surface area is 281 Å². The zero-order chi connectivity index (χ0) is 34.0. The van der Waals surface area contributed by atoms with Crippen molar-refractivity contribution < 1.29 is 32.3 Å². The monoisotopic (exact) mass is 712 g/mol. The van der Waals surface area contributed by atoms with Crippen molar-refractivity contribution in [1.82, 2.24) is 0 Å². The third-order valence-corrected chi connectivity index (χ3v) is 11.3. The van der Waals surface area contributed by atoms with Crippen LogP contribution in [0, 0.1) is 0 Å². The maximum atomic E-state index is 12.9. The molecule has 1 unspecified atom stereocenters. The van der Waals surface area contributed by atoms with E-state index in [1.165, 1.54) is 0 Å². The maximum Gasteiger partial charge on any atom is 0.221 e. The fourth-order valence-corrected chi connectivity index (χ4v) is 9.38. The number of ether oxygens (including phenoxy) is 2. The van der Waals surface area contributed by atoms with E-state index >= 15 is 0 Å². The van der Waals surface area contributed by atoms with Gasteiger partial charge >= 0.3 is 0 Å². The molecule has 45 heavy (non-hydrogen) atoms. The van der Waals surface area contributed by atoms with Crippen molar-refractivity contribution in [2.45, 2.75) is 122 Å². The summed E-state index contributed by atoms with van der Waals surface area (Å²) < 4.78 is 39.6. The first-order valence-corrected chi connectivity index (χ1v) is 30.1. The van der Waals surface area contributed by atoms with E-state index in [1.54, 1.807) is 0 Å². The molecule has 0 aromatic heterocycles. The van der Waals surface area contributed by atoms with Crippen LogP contribution >= 0.6 is 11.6 Å². The van der Waals surface area contributed by atoms with Crippen LogP contribution in [0.4, 0.5) is 0 Å². The van der Waals surface area contributed by atoms with Gasteiger partial charge in [-0.2, -0.15) is 0 Å². The van der Waals surface area contributed by atoms with Gasteiger partial charge in [0.05, 0.1) is 13.2 Å². The molecule has 0 amide bonds. The first-order chi connectivity index (χ1) is 20.5. The first kappa shape index (κ1) is 38.6. The lowest BCUT2D eigenvalue weighted by atomic mass is 9.87. The summed E-state index contributed by atoms with van der Waals surface area (Å²) in [6, 6.07) is 13.6. The minimum atomic E-state index is -2.25. The minimum absolute atomic E-state index is 0.283. The summed E-state index contributed by atoms with van der Waals surface area (Å²) in [7, 11) is -8.46. The van der Waals surface area contributed by atoms with E-state index in [4.69, 9.17) is 38.8 Å². The van der Waals surface area contributed by atoms with E-state index in [1.807, 2.05) is 49.4 Å². The Morgan fingerprint density at radius 2 is 1.31 bits per heavy atom. The highest BCUT2D eigenvalue weighted by molar-refractivity contribution is 6.71. The molecule has 1 aliphatic rings. The molecule has 12 heteroatoms. The van der Waals surface area contributed by atoms with Gasteiger partial charge in [-0.15, -0.1) is 0 Å². The van der Waals surface area contributed by atoms with Gasteiger partial charge in [-0.1, -0.05) is 29.8 Å². The number of hydrogen-bond donors (Lipinski definition) is 1. The Morgan fingerprint density at radius 3 is 1.82 bits per heavy atom. The van der Waals surface area contributed by atoms with E-state index in [0.29, 0.717) is 23.6 Å². The fourth-order valence-electron chi connectivity index (χ4n) is 5.30. The number of benzene rings is 2. The number of rotatable bonds is 14. The van der Waals surface area contributed by atoms with E-state index in [-0.39, 0.29) is 6.61 Å². The molecule has 1 fully saturated rings. The Hall–Kier alpha value is -0.842. The number of hydrogen-bond acceptors (Lipinski definition) is 7. The summed E-state index contributed by atoms with van der Waals surface area (Å²) in [5.41, 5.74) is 2.53.